The summed E-state index contributed by atoms with van der Waals surface area (Å²) in [4.78, 5) is 38.6. The maximum Gasteiger partial charge on any atom is 0.276 e. The second-order valence-electron chi connectivity index (χ2n) is 5.81. The summed E-state index contributed by atoms with van der Waals surface area (Å²) in [6, 6.07) is 8.01. The highest BCUT2D eigenvalue weighted by atomic mass is 16.2. The number of hydrogen-bond acceptors (Lipinski definition) is 4. The molecule has 7 heteroatoms. The third-order valence-electron chi connectivity index (χ3n) is 4.20. The van der Waals surface area contributed by atoms with Crippen molar-refractivity contribution >= 4 is 22.5 Å². The maximum atomic E-state index is 12.3. The third-order valence-corrected chi connectivity index (χ3v) is 4.20. The van der Waals surface area contributed by atoms with E-state index in [2.05, 4.69) is 15.4 Å². The molecule has 25 heavy (non-hydrogen) atoms. The van der Waals surface area contributed by atoms with Crippen LogP contribution in [0.25, 0.3) is 10.9 Å². The van der Waals surface area contributed by atoms with E-state index in [1.165, 1.54) is 19.2 Å². The fourth-order valence-corrected chi connectivity index (χ4v) is 2.83. The predicted molar refractivity (Wildman–Crippen MR) is 96.1 cm³/mol. The molecule has 0 aliphatic rings. The van der Waals surface area contributed by atoms with Crippen LogP contribution in [-0.2, 0) is 13.5 Å². The third kappa shape index (κ3) is 3.08. The first-order valence-corrected chi connectivity index (χ1v) is 7.92. The number of amides is 1. The van der Waals surface area contributed by atoms with Gasteiger partial charge in [-0.1, -0.05) is 13.0 Å². The molecule has 2 aromatic heterocycles. The molecule has 0 atom stereocenters. The van der Waals surface area contributed by atoms with Gasteiger partial charge in [-0.25, -0.2) is 4.68 Å². The summed E-state index contributed by atoms with van der Waals surface area (Å²) in [5.41, 5.74) is 2.63. The van der Waals surface area contributed by atoms with Crippen LogP contribution in [0.4, 0.5) is 5.69 Å². The van der Waals surface area contributed by atoms with Gasteiger partial charge in [0.1, 0.15) is 5.69 Å². The number of aromatic amines is 1. The van der Waals surface area contributed by atoms with E-state index in [9.17, 15) is 14.4 Å². The lowest BCUT2D eigenvalue weighted by Crippen LogP contribution is -2.23. The molecule has 7 nitrogen and oxygen atoms in total. The first kappa shape index (κ1) is 16.6. The lowest BCUT2D eigenvalue weighted by atomic mass is 10.0. The second-order valence-corrected chi connectivity index (χ2v) is 5.81. The van der Waals surface area contributed by atoms with Crippen molar-refractivity contribution in [1.82, 2.24) is 14.8 Å². The number of aryl methyl sites for hydroxylation is 2. The number of carbonyl (C=O) groups is 1. The molecule has 1 amide bonds. The van der Waals surface area contributed by atoms with Crippen LogP contribution >= 0.6 is 0 Å². The minimum absolute atomic E-state index is 0.115. The van der Waals surface area contributed by atoms with Crippen molar-refractivity contribution in [3.63, 3.8) is 0 Å². The fourth-order valence-electron chi connectivity index (χ4n) is 2.83. The second kappa shape index (κ2) is 6.35. The molecule has 0 saturated carbocycles. The van der Waals surface area contributed by atoms with Crippen molar-refractivity contribution in [2.75, 3.05) is 5.32 Å². The Morgan fingerprint density at radius 1 is 1.24 bits per heavy atom. The van der Waals surface area contributed by atoms with Crippen LogP contribution in [-0.4, -0.2) is 20.7 Å². The highest BCUT2D eigenvalue weighted by Gasteiger charge is 2.11. The largest absolute Gasteiger partial charge is 0.322 e. The van der Waals surface area contributed by atoms with E-state index in [1.807, 2.05) is 19.9 Å². The Kier molecular flexibility index (Phi) is 4.22. The van der Waals surface area contributed by atoms with Crippen molar-refractivity contribution in [2.24, 2.45) is 7.05 Å². The summed E-state index contributed by atoms with van der Waals surface area (Å²) in [6.45, 7) is 3.86. The number of fused-ring (bicyclic) bond motifs is 1. The van der Waals surface area contributed by atoms with Crippen LogP contribution in [0.15, 0.2) is 39.9 Å². The summed E-state index contributed by atoms with van der Waals surface area (Å²) in [5.74, 6) is -0.431. The summed E-state index contributed by atoms with van der Waals surface area (Å²) in [7, 11) is 1.48. The van der Waals surface area contributed by atoms with Gasteiger partial charge in [0.25, 0.3) is 17.0 Å². The van der Waals surface area contributed by atoms with Crippen molar-refractivity contribution in [3.05, 3.63) is 67.9 Å². The number of nitrogens with zero attached hydrogens (tertiary/aromatic N) is 2. The number of anilines is 1. The average molecular weight is 338 g/mol. The van der Waals surface area contributed by atoms with E-state index in [0.29, 0.717) is 17.6 Å². The van der Waals surface area contributed by atoms with Crippen molar-refractivity contribution in [3.8, 4) is 0 Å². The van der Waals surface area contributed by atoms with Crippen LogP contribution in [0.3, 0.4) is 0 Å². The van der Waals surface area contributed by atoms with E-state index >= 15 is 0 Å². The summed E-state index contributed by atoms with van der Waals surface area (Å²) < 4.78 is 1.10. The minimum Gasteiger partial charge on any atom is -0.322 e. The molecule has 2 N–H and O–H groups in total. The Hall–Kier alpha value is -3.22. The molecule has 0 aliphatic carbocycles. The molecule has 1 aromatic carbocycles. The number of rotatable bonds is 3. The summed E-state index contributed by atoms with van der Waals surface area (Å²) in [5, 5.41) is 7.58. The van der Waals surface area contributed by atoms with Gasteiger partial charge in [-0.3, -0.25) is 14.4 Å². The van der Waals surface area contributed by atoms with Crippen LogP contribution in [0.1, 0.15) is 28.5 Å². The molecule has 0 saturated heterocycles. The van der Waals surface area contributed by atoms with Gasteiger partial charge in [-0.15, -0.1) is 0 Å². The average Bonchev–Trinajstić information content (AvgIpc) is 2.57. The first-order valence-electron chi connectivity index (χ1n) is 7.92. The first-order chi connectivity index (χ1) is 11.9. The molecule has 2 heterocycles. The van der Waals surface area contributed by atoms with Crippen LogP contribution < -0.4 is 16.4 Å². The zero-order valence-electron chi connectivity index (χ0n) is 14.2. The molecule has 0 bridgehead atoms. The van der Waals surface area contributed by atoms with E-state index in [4.69, 9.17) is 0 Å². The topological polar surface area (TPSA) is 96.8 Å². The van der Waals surface area contributed by atoms with Gasteiger partial charge in [0.05, 0.1) is 5.52 Å². The number of pyridine rings is 1. The van der Waals surface area contributed by atoms with Gasteiger partial charge >= 0.3 is 0 Å². The fraction of sp³-hybridized carbons (Fsp3) is 0.222. The minimum atomic E-state index is -0.431. The Balaban J connectivity index is 1.97. The lowest BCUT2D eigenvalue weighted by Gasteiger charge is -2.10. The molecule has 3 aromatic rings. The number of hydrogen-bond donors (Lipinski definition) is 2. The molecule has 0 fully saturated rings. The number of H-pyrrole nitrogens is 1. The van der Waals surface area contributed by atoms with Gasteiger partial charge in [-0.2, -0.15) is 5.10 Å². The predicted octanol–water partition coefficient (Wildman–Crippen LogP) is 1.74. The van der Waals surface area contributed by atoms with Gasteiger partial charge in [-0.05, 0) is 37.1 Å². The zero-order valence-corrected chi connectivity index (χ0v) is 14.2. The van der Waals surface area contributed by atoms with Gasteiger partial charge in [0, 0.05) is 29.8 Å². The van der Waals surface area contributed by atoms with E-state index in [1.54, 1.807) is 12.1 Å². The van der Waals surface area contributed by atoms with Gasteiger partial charge < -0.3 is 10.3 Å². The molecule has 0 aliphatic heterocycles. The number of benzene rings is 1. The summed E-state index contributed by atoms with van der Waals surface area (Å²) in [6.07, 6.45) is 0.661. The zero-order chi connectivity index (χ0) is 18.1. The van der Waals surface area contributed by atoms with Crippen molar-refractivity contribution in [1.29, 1.82) is 0 Å². The van der Waals surface area contributed by atoms with Crippen molar-refractivity contribution < 1.29 is 4.79 Å². The Labute approximate surface area is 143 Å². The smallest absolute Gasteiger partial charge is 0.276 e. The molecule has 0 radical (unpaired) electrons. The van der Waals surface area contributed by atoms with Crippen molar-refractivity contribution in [2.45, 2.75) is 20.3 Å². The number of nitrogens with one attached hydrogen (secondary N) is 2. The Morgan fingerprint density at radius 2 is 2.00 bits per heavy atom. The Bertz CT molecular complexity index is 1100. The number of carbonyl (C=O) groups excluding carboxylic acids is 1. The lowest BCUT2D eigenvalue weighted by molar-refractivity contribution is 0.102. The number of aromatic nitrogens is 3. The van der Waals surface area contributed by atoms with Gasteiger partial charge in [0.2, 0.25) is 0 Å². The van der Waals surface area contributed by atoms with E-state index in [-0.39, 0.29) is 16.8 Å². The van der Waals surface area contributed by atoms with Crippen LogP contribution in [0.5, 0.6) is 0 Å². The molecule has 128 valence electrons. The monoisotopic (exact) mass is 338 g/mol. The normalized spacial score (nSPS) is 10.8. The summed E-state index contributed by atoms with van der Waals surface area (Å²) >= 11 is 0. The SMILES string of the molecule is CCc1c(C)c2ccc(NC(=O)c3ccc(=O)n(C)n3)cc2[nH]c1=O. The molecule has 3 rings (SSSR count). The maximum absolute atomic E-state index is 12.3. The highest BCUT2D eigenvalue weighted by Crippen LogP contribution is 2.21. The van der Waals surface area contributed by atoms with Crippen LogP contribution in [0, 0.1) is 6.92 Å². The standard InChI is InChI=1S/C18H18N4O3/c1-4-12-10(2)13-6-5-11(9-15(13)20-17(12)24)19-18(25)14-7-8-16(23)22(3)21-14/h5-9H,4H2,1-3H3,(H,19,25)(H,20,24). The van der Waals surface area contributed by atoms with Crippen LogP contribution in [0.2, 0.25) is 0 Å². The van der Waals surface area contributed by atoms with E-state index in [0.717, 1.165) is 21.2 Å². The quantitative estimate of drug-likeness (QED) is 0.760. The van der Waals surface area contributed by atoms with E-state index < -0.39 is 5.91 Å². The van der Waals surface area contributed by atoms with Gasteiger partial charge in [0.15, 0.2) is 0 Å². The molecule has 0 unspecified atom stereocenters. The molecular formula is C18H18N4O3. The highest BCUT2D eigenvalue weighted by molar-refractivity contribution is 6.03. The molecular weight excluding hydrogens is 320 g/mol. The molecule has 0 spiro atoms. The Morgan fingerprint density at radius 3 is 2.68 bits per heavy atom.